The Hall–Kier alpha value is -0.0800. The van der Waals surface area contributed by atoms with Crippen LogP contribution in [0.2, 0.25) is 0 Å². The molecule has 2 heteroatoms. The average Bonchev–Trinajstić information content (AvgIpc) is 2.16. The Balaban J connectivity index is 1.74. The van der Waals surface area contributed by atoms with Gasteiger partial charge < -0.3 is 10.1 Å². The fourth-order valence-corrected chi connectivity index (χ4v) is 3.01. The van der Waals surface area contributed by atoms with Crippen molar-refractivity contribution in [1.29, 1.82) is 0 Å². The van der Waals surface area contributed by atoms with Crippen LogP contribution in [-0.2, 0) is 4.74 Å². The molecule has 1 aliphatic carbocycles. The van der Waals surface area contributed by atoms with Crippen molar-refractivity contribution in [3.63, 3.8) is 0 Å². The number of hydrogen-bond acceptors (Lipinski definition) is 2. The third-order valence-corrected chi connectivity index (χ3v) is 4.17. The van der Waals surface area contributed by atoms with E-state index in [9.17, 15) is 0 Å². The van der Waals surface area contributed by atoms with Gasteiger partial charge in [-0.15, -0.1) is 0 Å². The lowest BCUT2D eigenvalue weighted by Crippen LogP contribution is -2.46. The molecule has 94 valence electrons. The van der Waals surface area contributed by atoms with Crippen molar-refractivity contribution in [3.8, 4) is 0 Å². The molecule has 0 spiro atoms. The van der Waals surface area contributed by atoms with E-state index in [4.69, 9.17) is 4.74 Å². The zero-order chi connectivity index (χ0) is 11.6. The molecule has 1 N–H and O–H groups in total. The molecular weight excluding hydrogens is 198 g/mol. The van der Waals surface area contributed by atoms with Crippen LogP contribution in [0.4, 0.5) is 0 Å². The van der Waals surface area contributed by atoms with Gasteiger partial charge in [0.25, 0.3) is 0 Å². The topological polar surface area (TPSA) is 21.3 Å². The molecule has 2 fully saturated rings. The van der Waals surface area contributed by atoms with Crippen LogP contribution in [0.25, 0.3) is 0 Å². The van der Waals surface area contributed by atoms with Crippen LogP contribution >= 0.6 is 0 Å². The second kappa shape index (κ2) is 5.05. The summed E-state index contributed by atoms with van der Waals surface area (Å²) in [5.41, 5.74) is 0.267. The molecule has 0 aromatic rings. The highest BCUT2D eigenvalue weighted by Crippen LogP contribution is 2.42. The van der Waals surface area contributed by atoms with Gasteiger partial charge in [0.15, 0.2) is 0 Å². The predicted octanol–water partition coefficient (Wildman–Crippen LogP) is 2.83. The molecule has 0 aromatic carbocycles. The molecule has 0 amide bonds. The first-order valence-corrected chi connectivity index (χ1v) is 6.89. The van der Waals surface area contributed by atoms with E-state index in [1.807, 2.05) is 0 Å². The maximum atomic E-state index is 5.61. The van der Waals surface area contributed by atoms with Crippen molar-refractivity contribution in [1.82, 2.24) is 5.32 Å². The minimum atomic E-state index is 0.267. The summed E-state index contributed by atoms with van der Waals surface area (Å²) in [5.74, 6) is 2.70. The van der Waals surface area contributed by atoms with E-state index in [0.29, 0.717) is 0 Å². The molecule has 2 aliphatic rings. The molecule has 2 rings (SSSR count). The Labute approximate surface area is 100 Å². The molecule has 3 unspecified atom stereocenters. The molecule has 16 heavy (non-hydrogen) atoms. The third kappa shape index (κ3) is 3.21. The van der Waals surface area contributed by atoms with Gasteiger partial charge in [-0.2, -0.15) is 0 Å². The SMILES string of the molecule is CC(C)(C)NCC1CCC1C1CCCOC1. The van der Waals surface area contributed by atoms with Gasteiger partial charge in [0.2, 0.25) is 0 Å². The lowest BCUT2D eigenvalue weighted by Gasteiger charge is -2.44. The van der Waals surface area contributed by atoms with Gasteiger partial charge in [0.05, 0.1) is 0 Å². The van der Waals surface area contributed by atoms with Crippen molar-refractivity contribution in [2.24, 2.45) is 17.8 Å². The Morgan fingerprint density at radius 3 is 2.50 bits per heavy atom. The number of hydrogen-bond donors (Lipinski definition) is 1. The highest BCUT2D eigenvalue weighted by molar-refractivity contribution is 4.89. The molecule has 1 heterocycles. The van der Waals surface area contributed by atoms with Gasteiger partial charge in [-0.05, 0) is 70.8 Å². The van der Waals surface area contributed by atoms with Crippen molar-refractivity contribution >= 4 is 0 Å². The number of nitrogens with one attached hydrogen (secondary N) is 1. The maximum Gasteiger partial charge on any atom is 0.0497 e. The standard InChI is InChI=1S/C14H27NO/c1-14(2,3)15-9-11-6-7-13(11)12-5-4-8-16-10-12/h11-13,15H,4-10H2,1-3H3. The second-order valence-electron chi connectivity index (χ2n) is 6.61. The first-order chi connectivity index (χ1) is 7.56. The minimum Gasteiger partial charge on any atom is -0.381 e. The van der Waals surface area contributed by atoms with Crippen molar-refractivity contribution in [2.75, 3.05) is 19.8 Å². The molecule has 2 nitrogen and oxygen atoms in total. The fourth-order valence-electron chi connectivity index (χ4n) is 3.01. The van der Waals surface area contributed by atoms with E-state index in [1.54, 1.807) is 0 Å². The number of ether oxygens (including phenoxy) is 1. The molecule has 1 aliphatic heterocycles. The van der Waals surface area contributed by atoms with Gasteiger partial charge in [-0.1, -0.05) is 0 Å². The van der Waals surface area contributed by atoms with Crippen LogP contribution in [-0.4, -0.2) is 25.3 Å². The van der Waals surface area contributed by atoms with E-state index in [0.717, 1.165) is 31.0 Å². The normalized spacial score (nSPS) is 35.8. The zero-order valence-electron chi connectivity index (χ0n) is 11.1. The summed E-state index contributed by atoms with van der Waals surface area (Å²) in [6.45, 7) is 9.98. The lowest BCUT2D eigenvalue weighted by molar-refractivity contribution is -0.0149. The van der Waals surface area contributed by atoms with Crippen LogP contribution in [0.5, 0.6) is 0 Å². The van der Waals surface area contributed by atoms with Crippen molar-refractivity contribution in [3.05, 3.63) is 0 Å². The maximum absolute atomic E-state index is 5.61. The molecule has 1 saturated heterocycles. The largest absolute Gasteiger partial charge is 0.381 e. The molecule has 1 saturated carbocycles. The van der Waals surface area contributed by atoms with E-state index in [2.05, 4.69) is 26.1 Å². The second-order valence-corrected chi connectivity index (χ2v) is 6.61. The molecule has 0 aromatic heterocycles. The van der Waals surface area contributed by atoms with E-state index < -0.39 is 0 Å². The highest BCUT2D eigenvalue weighted by atomic mass is 16.5. The van der Waals surface area contributed by atoms with E-state index in [-0.39, 0.29) is 5.54 Å². The summed E-state index contributed by atoms with van der Waals surface area (Å²) in [6.07, 6.45) is 5.53. The van der Waals surface area contributed by atoms with Gasteiger partial charge in [-0.25, -0.2) is 0 Å². The Morgan fingerprint density at radius 1 is 1.19 bits per heavy atom. The van der Waals surface area contributed by atoms with Gasteiger partial charge >= 0.3 is 0 Å². The quantitative estimate of drug-likeness (QED) is 0.797. The molecule has 0 bridgehead atoms. The van der Waals surface area contributed by atoms with Crippen LogP contribution in [0.1, 0.15) is 46.5 Å². The van der Waals surface area contributed by atoms with Crippen LogP contribution in [0, 0.1) is 17.8 Å². The minimum absolute atomic E-state index is 0.267. The van der Waals surface area contributed by atoms with Gasteiger partial charge in [0, 0.05) is 18.8 Å². The first kappa shape index (κ1) is 12.4. The van der Waals surface area contributed by atoms with Gasteiger partial charge in [-0.3, -0.25) is 0 Å². The predicted molar refractivity (Wildman–Crippen MR) is 67.5 cm³/mol. The van der Waals surface area contributed by atoms with Crippen molar-refractivity contribution < 1.29 is 4.74 Å². The Morgan fingerprint density at radius 2 is 2.00 bits per heavy atom. The Bertz CT molecular complexity index is 215. The number of rotatable bonds is 3. The molecule has 0 radical (unpaired) electrons. The summed E-state index contributed by atoms with van der Waals surface area (Å²) in [5, 5.41) is 3.65. The third-order valence-electron chi connectivity index (χ3n) is 4.17. The van der Waals surface area contributed by atoms with Gasteiger partial charge in [0.1, 0.15) is 0 Å². The average molecular weight is 225 g/mol. The van der Waals surface area contributed by atoms with Crippen molar-refractivity contribution in [2.45, 2.75) is 52.0 Å². The zero-order valence-corrected chi connectivity index (χ0v) is 11.1. The fraction of sp³-hybridized carbons (Fsp3) is 1.00. The monoisotopic (exact) mass is 225 g/mol. The summed E-state index contributed by atoms with van der Waals surface area (Å²) >= 11 is 0. The molecule has 3 atom stereocenters. The van der Waals surface area contributed by atoms with Crippen LogP contribution in [0.3, 0.4) is 0 Å². The lowest BCUT2D eigenvalue weighted by atomic mass is 9.65. The van der Waals surface area contributed by atoms with Crippen LogP contribution < -0.4 is 5.32 Å². The highest BCUT2D eigenvalue weighted by Gasteiger charge is 2.37. The Kier molecular flexibility index (Phi) is 3.91. The van der Waals surface area contributed by atoms with Crippen LogP contribution in [0.15, 0.2) is 0 Å². The summed E-state index contributed by atoms with van der Waals surface area (Å²) in [6, 6.07) is 0. The van der Waals surface area contributed by atoms with E-state index in [1.165, 1.54) is 32.2 Å². The summed E-state index contributed by atoms with van der Waals surface area (Å²) < 4.78 is 5.61. The summed E-state index contributed by atoms with van der Waals surface area (Å²) in [4.78, 5) is 0. The smallest absolute Gasteiger partial charge is 0.0497 e. The molecular formula is C14H27NO. The first-order valence-electron chi connectivity index (χ1n) is 6.89. The summed E-state index contributed by atoms with van der Waals surface area (Å²) in [7, 11) is 0. The van der Waals surface area contributed by atoms with E-state index >= 15 is 0 Å².